The van der Waals surface area contributed by atoms with Gasteiger partial charge in [0.15, 0.2) is 4.93 Å². The summed E-state index contributed by atoms with van der Waals surface area (Å²) in [6.45, 7) is 3.82. The van der Waals surface area contributed by atoms with Gasteiger partial charge in [0.25, 0.3) is 10.1 Å². The number of hydrogen-bond acceptors (Lipinski definition) is 4. The summed E-state index contributed by atoms with van der Waals surface area (Å²) < 4.78 is 30.3. The summed E-state index contributed by atoms with van der Waals surface area (Å²) in [7, 11) is -4.33. The van der Waals surface area contributed by atoms with Crippen molar-refractivity contribution in [3.63, 3.8) is 0 Å². The van der Waals surface area contributed by atoms with Crippen molar-refractivity contribution < 1.29 is 18.1 Å². The van der Waals surface area contributed by atoms with Crippen LogP contribution in [0.1, 0.15) is 19.8 Å². The average Bonchev–Trinajstić information content (AvgIpc) is 2.04. The molecular formula is C7H15NO4S. The van der Waals surface area contributed by atoms with Gasteiger partial charge in [-0.25, -0.2) is 0 Å². The number of piperidine rings is 1. The third kappa shape index (κ3) is 2.19. The second-order valence-electron chi connectivity index (χ2n) is 3.36. The van der Waals surface area contributed by atoms with Crippen molar-refractivity contribution in [1.29, 1.82) is 0 Å². The van der Waals surface area contributed by atoms with Gasteiger partial charge in [-0.05, 0) is 6.54 Å². The molecule has 0 spiro atoms. The highest BCUT2D eigenvalue weighted by Crippen LogP contribution is 2.26. The number of aliphatic hydroxyl groups is 1. The molecular weight excluding hydrogens is 194 g/mol. The largest absolute Gasteiger partial charge is 0.372 e. The molecule has 1 rings (SSSR count). The van der Waals surface area contributed by atoms with Gasteiger partial charge in [0, 0.05) is 25.9 Å². The normalized spacial score (nSPS) is 24.5. The van der Waals surface area contributed by atoms with E-state index in [4.69, 9.17) is 4.55 Å². The summed E-state index contributed by atoms with van der Waals surface area (Å²) in [6.07, 6.45) is 0.166. The smallest absolute Gasteiger partial charge is 0.295 e. The molecule has 0 radical (unpaired) electrons. The van der Waals surface area contributed by atoms with Crippen LogP contribution in [0.5, 0.6) is 0 Å². The Morgan fingerprint density at radius 2 is 1.85 bits per heavy atom. The minimum Gasteiger partial charge on any atom is -0.372 e. The van der Waals surface area contributed by atoms with Crippen LogP contribution < -0.4 is 0 Å². The van der Waals surface area contributed by atoms with E-state index in [-0.39, 0.29) is 12.8 Å². The van der Waals surface area contributed by atoms with Crippen molar-refractivity contribution in [2.24, 2.45) is 0 Å². The molecule has 1 heterocycles. The number of nitrogens with zero attached hydrogens (tertiary/aromatic N) is 1. The maximum Gasteiger partial charge on any atom is 0.295 e. The van der Waals surface area contributed by atoms with E-state index < -0.39 is 15.1 Å². The third-order valence-electron chi connectivity index (χ3n) is 2.56. The summed E-state index contributed by atoms with van der Waals surface area (Å²) in [5.74, 6) is 0. The average molecular weight is 209 g/mol. The summed E-state index contributed by atoms with van der Waals surface area (Å²) in [6, 6.07) is 0. The lowest BCUT2D eigenvalue weighted by atomic mass is 10.1. The van der Waals surface area contributed by atoms with Crippen molar-refractivity contribution >= 4 is 10.1 Å². The molecule has 1 fully saturated rings. The molecule has 0 aromatic rings. The summed E-state index contributed by atoms with van der Waals surface area (Å²) in [5.41, 5.74) is 0. The molecule has 0 aliphatic carbocycles. The van der Waals surface area contributed by atoms with E-state index in [0.717, 1.165) is 6.54 Å². The SMILES string of the molecule is CCN1CCC(O)(S(=O)(=O)O)CC1. The van der Waals surface area contributed by atoms with Gasteiger partial charge in [-0.15, -0.1) is 0 Å². The lowest BCUT2D eigenvalue weighted by Gasteiger charge is -2.35. The van der Waals surface area contributed by atoms with Gasteiger partial charge in [0.1, 0.15) is 0 Å². The van der Waals surface area contributed by atoms with Gasteiger partial charge in [0.2, 0.25) is 0 Å². The Balaban J connectivity index is 2.68. The molecule has 0 bridgehead atoms. The predicted molar refractivity (Wildman–Crippen MR) is 47.8 cm³/mol. The van der Waals surface area contributed by atoms with Gasteiger partial charge in [-0.2, -0.15) is 8.42 Å². The molecule has 2 N–H and O–H groups in total. The van der Waals surface area contributed by atoms with Crippen LogP contribution in [0.2, 0.25) is 0 Å². The molecule has 13 heavy (non-hydrogen) atoms. The van der Waals surface area contributed by atoms with Crippen LogP contribution in [0.4, 0.5) is 0 Å². The first kappa shape index (κ1) is 10.9. The Hall–Kier alpha value is -0.170. The fourth-order valence-electron chi connectivity index (χ4n) is 1.48. The van der Waals surface area contributed by atoms with E-state index in [9.17, 15) is 13.5 Å². The molecule has 0 saturated carbocycles. The van der Waals surface area contributed by atoms with Crippen molar-refractivity contribution in [2.75, 3.05) is 19.6 Å². The van der Waals surface area contributed by atoms with E-state index in [0.29, 0.717) is 13.1 Å². The van der Waals surface area contributed by atoms with Crippen LogP contribution in [-0.4, -0.2) is 47.5 Å². The minimum atomic E-state index is -4.33. The van der Waals surface area contributed by atoms with Crippen LogP contribution in [-0.2, 0) is 10.1 Å². The Bertz CT molecular complexity index is 266. The highest BCUT2D eigenvalue weighted by molar-refractivity contribution is 7.87. The van der Waals surface area contributed by atoms with Crippen molar-refractivity contribution in [2.45, 2.75) is 24.7 Å². The number of rotatable bonds is 2. The fraction of sp³-hybridized carbons (Fsp3) is 1.00. The van der Waals surface area contributed by atoms with E-state index in [1.54, 1.807) is 0 Å². The van der Waals surface area contributed by atoms with Crippen molar-refractivity contribution in [3.05, 3.63) is 0 Å². The van der Waals surface area contributed by atoms with Crippen molar-refractivity contribution in [1.82, 2.24) is 4.90 Å². The second-order valence-corrected chi connectivity index (χ2v) is 5.07. The van der Waals surface area contributed by atoms with Crippen molar-refractivity contribution in [3.8, 4) is 0 Å². The van der Waals surface area contributed by atoms with E-state index in [1.165, 1.54) is 0 Å². The molecule has 0 unspecified atom stereocenters. The van der Waals surface area contributed by atoms with Crippen LogP contribution >= 0.6 is 0 Å². The highest BCUT2D eigenvalue weighted by Gasteiger charge is 2.43. The summed E-state index contributed by atoms with van der Waals surface area (Å²) in [5, 5.41) is 9.56. The summed E-state index contributed by atoms with van der Waals surface area (Å²) in [4.78, 5) is 0.109. The van der Waals surface area contributed by atoms with Gasteiger partial charge < -0.3 is 10.0 Å². The minimum absolute atomic E-state index is 0.0830. The zero-order chi connectivity index (χ0) is 10.1. The third-order valence-corrected chi connectivity index (χ3v) is 3.93. The molecule has 1 aliphatic rings. The lowest BCUT2D eigenvalue weighted by molar-refractivity contribution is 0.0407. The van der Waals surface area contributed by atoms with Crippen LogP contribution in [0, 0.1) is 0 Å². The molecule has 1 aliphatic heterocycles. The lowest BCUT2D eigenvalue weighted by Crippen LogP contribution is -2.48. The molecule has 0 atom stereocenters. The molecule has 5 nitrogen and oxygen atoms in total. The van der Waals surface area contributed by atoms with E-state index in [1.807, 2.05) is 11.8 Å². The van der Waals surface area contributed by atoms with Crippen LogP contribution in [0.15, 0.2) is 0 Å². The molecule has 0 aromatic heterocycles. The van der Waals surface area contributed by atoms with Crippen LogP contribution in [0.3, 0.4) is 0 Å². The monoisotopic (exact) mass is 209 g/mol. The van der Waals surface area contributed by atoms with E-state index >= 15 is 0 Å². The van der Waals surface area contributed by atoms with Gasteiger partial charge in [0.05, 0.1) is 0 Å². The fourth-order valence-corrected chi connectivity index (χ4v) is 2.18. The standard InChI is InChI=1S/C7H15NO4S/c1-2-8-5-3-7(9,4-6-8)13(10,11)12/h9H,2-6H2,1H3,(H,10,11,12). The van der Waals surface area contributed by atoms with Gasteiger partial charge in [-0.3, -0.25) is 4.55 Å². The highest BCUT2D eigenvalue weighted by atomic mass is 32.2. The Morgan fingerprint density at radius 3 is 2.15 bits per heavy atom. The van der Waals surface area contributed by atoms with Gasteiger partial charge >= 0.3 is 0 Å². The molecule has 0 aromatic carbocycles. The first-order valence-electron chi connectivity index (χ1n) is 4.31. The van der Waals surface area contributed by atoms with E-state index in [2.05, 4.69) is 0 Å². The van der Waals surface area contributed by atoms with Crippen LogP contribution in [0.25, 0.3) is 0 Å². The molecule has 78 valence electrons. The predicted octanol–water partition coefficient (Wildman–Crippen LogP) is -0.322. The molecule has 0 amide bonds. The maximum atomic E-state index is 10.8. The molecule has 6 heteroatoms. The van der Waals surface area contributed by atoms with Gasteiger partial charge in [-0.1, -0.05) is 6.92 Å². The quantitative estimate of drug-likeness (QED) is 0.609. The second kappa shape index (κ2) is 3.53. The Labute approximate surface area is 78.1 Å². The number of hydrogen-bond donors (Lipinski definition) is 2. The zero-order valence-corrected chi connectivity index (χ0v) is 8.42. The zero-order valence-electron chi connectivity index (χ0n) is 7.60. The maximum absolute atomic E-state index is 10.8. The first-order chi connectivity index (χ1) is 5.89. The Morgan fingerprint density at radius 1 is 1.38 bits per heavy atom. The number of likely N-dealkylation sites (tertiary alicyclic amines) is 1. The molecule has 1 saturated heterocycles. The first-order valence-corrected chi connectivity index (χ1v) is 5.75. The topological polar surface area (TPSA) is 77.8 Å². The Kier molecular flexibility index (Phi) is 2.96. The summed E-state index contributed by atoms with van der Waals surface area (Å²) >= 11 is 0.